The van der Waals surface area contributed by atoms with Crippen LogP contribution in [0.15, 0.2) is 27.4 Å². The molecule has 19 heavy (non-hydrogen) atoms. The summed E-state index contributed by atoms with van der Waals surface area (Å²) in [6.45, 7) is 4.68. The van der Waals surface area contributed by atoms with Crippen LogP contribution in [0.1, 0.15) is 39.5 Å². The molecular formula is C15H20N2O2. The number of anilines is 1. The maximum atomic E-state index is 11.1. The number of H-pyrrole nitrogens is 1. The number of rotatable bonds is 2. The van der Waals surface area contributed by atoms with Gasteiger partial charge in [0.2, 0.25) is 0 Å². The second kappa shape index (κ2) is 4.44. The number of hydrogen-bond acceptors (Lipinski definition) is 3. The first-order valence-electron chi connectivity index (χ1n) is 6.91. The Bertz CT molecular complexity index is 629. The summed E-state index contributed by atoms with van der Waals surface area (Å²) >= 11 is 0. The van der Waals surface area contributed by atoms with Crippen LogP contribution in [0.3, 0.4) is 0 Å². The van der Waals surface area contributed by atoms with Crippen molar-refractivity contribution >= 4 is 16.8 Å². The Labute approximate surface area is 112 Å². The van der Waals surface area contributed by atoms with Crippen molar-refractivity contribution in [3.63, 3.8) is 0 Å². The van der Waals surface area contributed by atoms with Crippen LogP contribution in [0.25, 0.3) is 11.1 Å². The standard InChI is InChI=1S/C15H20N2O2/c1-15(2)7-5-10(6-8-15)16-11-3-4-13-12(9-11)17-14(18)19-13/h3-4,9-10,16H,5-8H2,1-2H3,(H,17,18). The molecule has 1 saturated carbocycles. The van der Waals surface area contributed by atoms with E-state index >= 15 is 0 Å². The molecule has 2 N–H and O–H groups in total. The molecule has 0 unspecified atom stereocenters. The van der Waals surface area contributed by atoms with Gasteiger partial charge in [-0.2, -0.15) is 0 Å². The zero-order valence-electron chi connectivity index (χ0n) is 11.5. The number of nitrogens with one attached hydrogen (secondary N) is 2. The molecule has 0 bridgehead atoms. The molecule has 2 aromatic rings. The van der Waals surface area contributed by atoms with Gasteiger partial charge in [-0.25, -0.2) is 4.79 Å². The van der Waals surface area contributed by atoms with Gasteiger partial charge in [0.1, 0.15) is 0 Å². The molecule has 1 aliphatic carbocycles. The third-order valence-corrected chi connectivity index (χ3v) is 4.13. The van der Waals surface area contributed by atoms with Crippen LogP contribution in [-0.4, -0.2) is 11.0 Å². The maximum Gasteiger partial charge on any atom is 0.417 e. The van der Waals surface area contributed by atoms with Crippen LogP contribution in [0, 0.1) is 5.41 Å². The molecule has 0 aliphatic heterocycles. The van der Waals surface area contributed by atoms with Crippen molar-refractivity contribution < 1.29 is 4.42 Å². The SMILES string of the molecule is CC1(C)CCC(Nc2ccc3oc(=O)[nH]c3c2)CC1. The van der Waals surface area contributed by atoms with E-state index in [1.54, 1.807) is 0 Å². The van der Waals surface area contributed by atoms with Crippen LogP contribution >= 0.6 is 0 Å². The minimum Gasteiger partial charge on any atom is -0.408 e. The minimum absolute atomic E-state index is 0.397. The first-order valence-corrected chi connectivity index (χ1v) is 6.91. The summed E-state index contributed by atoms with van der Waals surface area (Å²) < 4.78 is 5.00. The second-order valence-electron chi connectivity index (χ2n) is 6.31. The van der Waals surface area contributed by atoms with Crippen molar-refractivity contribution in [1.29, 1.82) is 0 Å². The average Bonchev–Trinajstić information content (AvgIpc) is 2.71. The predicted octanol–water partition coefficient (Wildman–Crippen LogP) is 3.50. The van der Waals surface area contributed by atoms with Crippen LogP contribution in [0.4, 0.5) is 5.69 Å². The summed E-state index contributed by atoms with van der Waals surface area (Å²) in [5, 5.41) is 3.56. The lowest BCUT2D eigenvalue weighted by Crippen LogP contribution is -2.29. The van der Waals surface area contributed by atoms with E-state index in [-0.39, 0.29) is 0 Å². The maximum absolute atomic E-state index is 11.1. The first-order chi connectivity index (χ1) is 9.02. The molecule has 3 rings (SSSR count). The Morgan fingerprint density at radius 1 is 1.32 bits per heavy atom. The average molecular weight is 260 g/mol. The van der Waals surface area contributed by atoms with Crippen molar-refractivity contribution in [3.05, 3.63) is 28.7 Å². The minimum atomic E-state index is -0.397. The van der Waals surface area contributed by atoms with Crippen molar-refractivity contribution in [3.8, 4) is 0 Å². The largest absolute Gasteiger partial charge is 0.417 e. The Balaban J connectivity index is 1.73. The van der Waals surface area contributed by atoms with Crippen LogP contribution in [-0.2, 0) is 0 Å². The molecule has 1 heterocycles. The third-order valence-electron chi connectivity index (χ3n) is 4.13. The van der Waals surface area contributed by atoms with E-state index in [1.807, 2.05) is 18.2 Å². The highest BCUT2D eigenvalue weighted by molar-refractivity contribution is 5.76. The van der Waals surface area contributed by atoms with Crippen LogP contribution < -0.4 is 11.1 Å². The Kier molecular flexibility index (Phi) is 2.88. The summed E-state index contributed by atoms with van der Waals surface area (Å²) in [6, 6.07) is 6.28. The molecule has 1 aromatic heterocycles. The van der Waals surface area contributed by atoms with E-state index in [0.717, 1.165) is 11.2 Å². The van der Waals surface area contributed by atoms with Gasteiger partial charge in [0, 0.05) is 11.7 Å². The zero-order valence-corrected chi connectivity index (χ0v) is 11.5. The molecule has 1 fully saturated rings. The molecule has 0 spiro atoms. The summed E-state index contributed by atoms with van der Waals surface area (Å²) in [5.74, 6) is -0.397. The van der Waals surface area contributed by atoms with Crippen molar-refractivity contribution in [2.24, 2.45) is 5.41 Å². The number of aromatic amines is 1. The van der Waals surface area contributed by atoms with E-state index in [2.05, 4.69) is 24.1 Å². The lowest BCUT2D eigenvalue weighted by molar-refractivity contribution is 0.232. The lowest BCUT2D eigenvalue weighted by atomic mass is 9.75. The molecule has 1 aromatic carbocycles. The van der Waals surface area contributed by atoms with Gasteiger partial charge in [-0.05, 0) is 49.3 Å². The molecule has 4 nitrogen and oxygen atoms in total. The monoisotopic (exact) mass is 260 g/mol. The molecule has 1 aliphatic rings. The number of benzene rings is 1. The highest BCUT2D eigenvalue weighted by Gasteiger charge is 2.26. The van der Waals surface area contributed by atoms with Gasteiger partial charge in [-0.15, -0.1) is 0 Å². The summed E-state index contributed by atoms with van der Waals surface area (Å²) in [5.41, 5.74) is 2.90. The van der Waals surface area contributed by atoms with Gasteiger partial charge >= 0.3 is 5.76 Å². The number of hydrogen-bond donors (Lipinski definition) is 2. The van der Waals surface area contributed by atoms with Gasteiger partial charge in [-0.3, -0.25) is 4.98 Å². The van der Waals surface area contributed by atoms with Gasteiger partial charge in [0.25, 0.3) is 0 Å². The van der Waals surface area contributed by atoms with Gasteiger partial charge in [0.15, 0.2) is 5.58 Å². The molecular weight excluding hydrogens is 240 g/mol. The molecule has 4 heteroatoms. The fraction of sp³-hybridized carbons (Fsp3) is 0.533. The lowest BCUT2D eigenvalue weighted by Gasteiger charge is -2.35. The van der Waals surface area contributed by atoms with Gasteiger partial charge < -0.3 is 9.73 Å². The number of fused-ring (bicyclic) bond motifs is 1. The molecule has 102 valence electrons. The smallest absolute Gasteiger partial charge is 0.408 e. The third kappa shape index (κ3) is 2.67. The second-order valence-corrected chi connectivity index (χ2v) is 6.31. The van der Waals surface area contributed by atoms with Crippen molar-refractivity contribution in [2.45, 2.75) is 45.6 Å². The fourth-order valence-electron chi connectivity index (χ4n) is 2.82. The number of aromatic nitrogens is 1. The predicted molar refractivity (Wildman–Crippen MR) is 76.5 cm³/mol. The van der Waals surface area contributed by atoms with E-state index < -0.39 is 5.76 Å². The quantitative estimate of drug-likeness (QED) is 0.868. The van der Waals surface area contributed by atoms with Gasteiger partial charge in [-0.1, -0.05) is 13.8 Å². The van der Waals surface area contributed by atoms with Gasteiger partial charge in [0.05, 0.1) is 5.52 Å². The van der Waals surface area contributed by atoms with Crippen LogP contribution in [0.2, 0.25) is 0 Å². The normalized spacial score (nSPS) is 19.7. The Morgan fingerprint density at radius 3 is 2.79 bits per heavy atom. The number of oxazole rings is 1. The van der Waals surface area contributed by atoms with E-state index in [4.69, 9.17) is 4.42 Å². The van der Waals surface area contributed by atoms with E-state index in [9.17, 15) is 4.79 Å². The van der Waals surface area contributed by atoms with Crippen LogP contribution in [0.5, 0.6) is 0 Å². The van der Waals surface area contributed by atoms with Crippen molar-refractivity contribution in [2.75, 3.05) is 5.32 Å². The molecule has 0 saturated heterocycles. The topological polar surface area (TPSA) is 58.0 Å². The highest BCUT2D eigenvalue weighted by Crippen LogP contribution is 2.36. The Morgan fingerprint density at radius 2 is 2.05 bits per heavy atom. The summed E-state index contributed by atoms with van der Waals surface area (Å²) in [6.07, 6.45) is 4.92. The molecule has 0 radical (unpaired) electrons. The fourth-order valence-corrected chi connectivity index (χ4v) is 2.82. The summed E-state index contributed by atoms with van der Waals surface area (Å²) in [4.78, 5) is 13.8. The molecule has 0 amide bonds. The summed E-state index contributed by atoms with van der Waals surface area (Å²) in [7, 11) is 0. The van der Waals surface area contributed by atoms with E-state index in [1.165, 1.54) is 25.7 Å². The zero-order chi connectivity index (χ0) is 13.5. The Hall–Kier alpha value is -1.71. The molecule has 0 atom stereocenters. The van der Waals surface area contributed by atoms with E-state index in [0.29, 0.717) is 17.0 Å². The highest BCUT2D eigenvalue weighted by atomic mass is 16.4. The van der Waals surface area contributed by atoms with Crippen molar-refractivity contribution in [1.82, 2.24) is 4.98 Å². The first kappa shape index (κ1) is 12.3.